The van der Waals surface area contributed by atoms with Gasteiger partial charge in [-0.1, -0.05) is 25.1 Å². The first-order valence-corrected chi connectivity index (χ1v) is 8.42. The maximum Gasteiger partial charge on any atom is 0.251 e. The summed E-state index contributed by atoms with van der Waals surface area (Å²) in [7, 11) is 0. The van der Waals surface area contributed by atoms with Crippen molar-refractivity contribution in [3.05, 3.63) is 29.3 Å². The molecule has 2 aliphatic heterocycles. The summed E-state index contributed by atoms with van der Waals surface area (Å²) in [6.07, 6.45) is 0.304. The van der Waals surface area contributed by atoms with E-state index in [9.17, 15) is 9.59 Å². The predicted molar refractivity (Wildman–Crippen MR) is 90.5 cm³/mol. The second-order valence-corrected chi connectivity index (χ2v) is 6.50. The Bertz CT molecular complexity index is 600. The first-order chi connectivity index (χ1) is 11.0. The average molecular weight is 315 g/mol. The minimum absolute atomic E-state index is 0.0580. The molecular formula is C18H25N3O2. The van der Waals surface area contributed by atoms with Crippen LogP contribution in [0.25, 0.3) is 0 Å². The quantitative estimate of drug-likeness (QED) is 0.794. The number of rotatable bonds is 3. The molecule has 23 heavy (non-hydrogen) atoms. The van der Waals surface area contributed by atoms with E-state index in [-0.39, 0.29) is 17.9 Å². The van der Waals surface area contributed by atoms with Gasteiger partial charge in [-0.05, 0) is 31.5 Å². The monoisotopic (exact) mass is 315 g/mol. The molecule has 2 heterocycles. The zero-order chi connectivity index (χ0) is 16.6. The van der Waals surface area contributed by atoms with Crippen molar-refractivity contribution in [3.63, 3.8) is 0 Å². The second kappa shape index (κ2) is 6.42. The van der Waals surface area contributed by atoms with Gasteiger partial charge in [0.1, 0.15) is 0 Å². The number of likely N-dealkylation sites (N-methyl/N-ethyl adjacent to an activating group) is 1. The normalized spacial score (nSPS) is 23.8. The molecule has 2 saturated heterocycles. The molecule has 2 aliphatic rings. The Hall–Kier alpha value is -1.72. The van der Waals surface area contributed by atoms with Crippen molar-refractivity contribution in [1.29, 1.82) is 0 Å². The zero-order valence-electron chi connectivity index (χ0n) is 14.2. The molecule has 0 aliphatic carbocycles. The van der Waals surface area contributed by atoms with Gasteiger partial charge >= 0.3 is 0 Å². The van der Waals surface area contributed by atoms with E-state index in [1.165, 1.54) is 4.90 Å². The van der Waals surface area contributed by atoms with E-state index in [1.54, 1.807) is 0 Å². The lowest BCUT2D eigenvalue weighted by Crippen LogP contribution is -2.52. The van der Waals surface area contributed by atoms with Crippen LogP contribution in [0.1, 0.15) is 24.5 Å². The molecule has 0 saturated carbocycles. The minimum Gasteiger partial charge on any atom is -0.301 e. The highest BCUT2D eigenvalue weighted by molar-refractivity contribution is 6.23. The summed E-state index contributed by atoms with van der Waals surface area (Å²) in [5, 5.41) is 0. The maximum atomic E-state index is 12.9. The number of anilines is 1. The minimum atomic E-state index is -0.291. The summed E-state index contributed by atoms with van der Waals surface area (Å²) in [6.45, 7) is 10.8. The van der Waals surface area contributed by atoms with E-state index in [0.717, 1.165) is 49.5 Å². The fraction of sp³-hybridized carbons (Fsp3) is 0.556. The van der Waals surface area contributed by atoms with Crippen LogP contribution >= 0.6 is 0 Å². The van der Waals surface area contributed by atoms with Crippen LogP contribution in [0.3, 0.4) is 0 Å². The molecule has 0 unspecified atom stereocenters. The number of para-hydroxylation sites is 1. The summed E-state index contributed by atoms with van der Waals surface area (Å²) < 4.78 is 0. The summed E-state index contributed by atoms with van der Waals surface area (Å²) in [4.78, 5) is 31.4. The molecule has 1 aromatic rings. The number of imide groups is 1. The number of aryl methyl sites for hydroxylation is 2. The molecule has 5 nitrogen and oxygen atoms in total. The number of nitrogens with zero attached hydrogens (tertiary/aromatic N) is 3. The number of carbonyl (C=O) groups is 2. The second-order valence-electron chi connectivity index (χ2n) is 6.50. The number of amides is 2. The molecule has 2 fully saturated rings. The molecule has 3 rings (SSSR count). The highest BCUT2D eigenvalue weighted by atomic mass is 16.2. The van der Waals surface area contributed by atoms with Crippen molar-refractivity contribution in [1.82, 2.24) is 9.80 Å². The Balaban J connectivity index is 1.81. The van der Waals surface area contributed by atoms with Crippen LogP contribution in [-0.4, -0.2) is 60.4 Å². The van der Waals surface area contributed by atoms with E-state index in [0.29, 0.717) is 6.42 Å². The molecule has 0 N–H and O–H groups in total. The van der Waals surface area contributed by atoms with Crippen LogP contribution in [0.4, 0.5) is 5.69 Å². The van der Waals surface area contributed by atoms with Crippen LogP contribution in [-0.2, 0) is 9.59 Å². The van der Waals surface area contributed by atoms with Gasteiger partial charge in [-0.25, -0.2) is 4.90 Å². The Morgan fingerprint density at radius 2 is 1.65 bits per heavy atom. The van der Waals surface area contributed by atoms with Crippen molar-refractivity contribution in [2.75, 3.05) is 37.6 Å². The number of piperazine rings is 1. The lowest BCUT2D eigenvalue weighted by atomic mass is 10.1. The van der Waals surface area contributed by atoms with E-state index in [4.69, 9.17) is 0 Å². The van der Waals surface area contributed by atoms with Crippen molar-refractivity contribution in [2.24, 2.45) is 0 Å². The van der Waals surface area contributed by atoms with Gasteiger partial charge in [-0.2, -0.15) is 0 Å². The molecule has 0 aromatic heterocycles. The smallest absolute Gasteiger partial charge is 0.251 e. The van der Waals surface area contributed by atoms with E-state index in [2.05, 4.69) is 16.7 Å². The number of benzene rings is 1. The first kappa shape index (κ1) is 16.1. The van der Waals surface area contributed by atoms with Crippen molar-refractivity contribution in [3.8, 4) is 0 Å². The summed E-state index contributed by atoms with van der Waals surface area (Å²) >= 11 is 0. The third kappa shape index (κ3) is 2.91. The summed E-state index contributed by atoms with van der Waals surface area (Å²) in [5.41, 5.74) is 2.73. The van der Waals surface area contributed by atoms with E-state index < -0.39 is 0 Å². The predicted octanol–water partition coefficient (Wildman–Crippen LogP) is 1.57. The van der Waals surface area contributed by atoms with Gasteiger partial charge in [0.2, 0.25) is 5.91 Å². The molecule has 124 valence electrons. The molecule has 0 radical (unpaired) electrons. The molecule has 0 bridgehead atoms. The van der Waals surface area contributed by atoms with Crippen molar-refractivity contribution >= 4 is 17.5 Å². The summed E-state index contributed by atoms with van der Waals surface area (Å²) in [5.74, 6) is -0.132. The molecule has 0 spiro atoms. The topological polar surface area (TPSA) is 43.9 Å². The molecule has 1 atom stereocenters. The first-order valence-electron chi connectivity index (χ1n) is 8.42. The Morgan fingerprint density at radius 1 is 1.04 bits per heavy atom. The largest absolute Gasteiger partial charge is 0.301 e. The van der Waals surface area contributed by atoms with Crippen LogP contribution < -0.4 is 4.90 Å². The summed E-state index contributed by atoms with van der Waals surface area (Å²) in [6, 6.07) is 5.58. The van der Waals surface area contributed by atoms with Gasteiger partial charge in [0, 0.05) is 26.2 Å². The van der Waals surface area contributed by atoms with Crippen LogP contribution in [0, 0.1) is 13.8 Å². The standard InChI is InChI=1S/C18H25N3O2/c1-4-19-8-10-20(11-9-19)15-12-16(22)21(18(15)23)17-13(2)6-5-7-14(17)3/h5-7,15H,4,8-12H2,1-3H3/t15-/m0/s1. The van der Waals surface area contributed by atoms with Crippen LogP contribution in [0.5, 0.6) is 0 Å². The molecule has 2 amide bonds. The third-order valence-electron chi connectivity index (χ3n) is 5.08. The molecule has 5 heteroatoms. The molecule has 1 aromatic carbocycles. The Kier molecular flexibility index (Phi) is 4.50. The van der Waals surface area contributed by atoms with Gasteiger partial charge in [0.05, 0.1) is 18.2 Å². The highest BCUT2D eigenvalue weighted by Gasteiger charge is 2.44. The van der Waals surface area contributed by atoms with Gasteiger partial charge in [-0.3, -0.25) is 14.5 Å². The van der Waals surface area contributed by atoms with Crippen LogP contribution in [0.15, 0.2) is 18.2 Å². The number of carbonyl (C=O) groups excluding carboxylic acids is 2. The van der Waals surface area contributed by atoms with Gasteiger partial charge in [-0.15, -0.1) is 0 Å². The van der Waals surface area contributed by atoms with Crippen molar-refractivity contribution in [2.45, 2.75) is 33.2 Å². The third-order valence-corrected chi connectivity index (χ3v) is 5.08. The van der Waals surface area contributed by atoms with Gasteiger partial charge < -0.3 is 4.90 Å². The van der Waals surface area contributed by atoms with Crippen molar-refractivity contribution < 1.29 is 9.59 Å². The fourth-order valence-electron chi connectivity index (χ4n) is 3.69. The lowest BCUT2D eigenvalue weighted by Gasteiger charge is -2.36. The zero-order valence-corrected chi connectivity index (χ0v) is 14.2. The maximum absolute atomic E-state index is 12.9. The average Bonchev–Trinajstić information content (AvgIpc) is 2.83. The lowest BCUT2D eigenvalue weighted by molar-refractivity contribution is -0.123. The SMILES string of the molecule is CCN1CCN([C@H]2CC(=O)N(c3c(C)cccc3C)C2=O)CC1. The number of hydrogen-bond donors (Lipinski definition) is 0. The van der Waals surface area contributed by atoms with Crippen LogP contribution in [0.2, 0.25) is 0 Å². The Morgan fingerprint density at radius 3 is 2.22 bits per heavy atom. The Labute approximate surface area is 137 Å². The van der Waals surface area contributed by atoms with Gasteiger partial charge in [0.15, 0.2) is 0 Å². The van der Waals surface area contributed by atoms with E-state index in [1.807, 2.05) is 32.0 Å². The number of hydrogen-bond acceptors (Lipinski definition) is 4. The van der Waals surface area contributed by atoms with E-state index >= 15 is 0 Å². The highest BCUT2D eigenvalue weighted by Crippen LogP contribution is 2.31. The fourth-order valence-corrected chi connectivity index (χ4v) is 3.69. The van der Waals surface area contributed by atoms with Gasteiger partial charge in [0.25, 0.3) is 5.91 Å². The molecular weight excluding hydrogens is 290 g/mol.